The zero-order chi connectivity index (χ0) is 15.5. The Bertz CT molecular complexity index is 749. The van der Waals surface area contributed by atoms with Crippen molar-refractivity contribution < 1.29 is 0 Å². The van der Waals surface area contributed by atoms with Crippen LogP contribution in [0.25, 0.3) is 36.5 Å². The average Bonchev–Trinajstić information content (AvgIpc) is 2.87. The third kappa shape index (κ3) is 2.46. The molecule has 0 heteroatoms. The molecule has 0 nitrogen and oxygen atoms in total. The molecule has 1 aromatic carbocycles. The molecule has 0 fully saturated rings. The zero-order valence-electron chi connectivity index (χ0n) is 13.3. The van der Waals surface area contributed by atoms with Crippen LogP contribution >= 0.6 is 0 Å². The Morgan fingerprint density at radius 2 is 1.50 bits per heavy atom. The van der Waals surface area contributed by atoms with Crippen LogP contribution < -0.4 is 0 Å². The molecule has 0 spiro atoms. The predicted molar refractivity (Wildman–Crippen MR) is 101 cm³/mol. The van der Waals surface area contributed by atoms with Gasteiger partial charge in [-0.2, -0.15) is 0 Å². The molecule has 0 amide bonds. The lowest BCUT2D eigenvalue weighted by Crippen LogP contribution is -1.99. The highest BCUT2D eigenvalue weighted by molar-refractivity contribution is 5.91. The second-order valence-electron chi connectivity index (χ2n) is 5.80. The largest absolute Gasteiger partial charge is 0.0984 e. The Morgan fingerprint density at radius 1 is 0.909 bits per heavy atom. The Hall–Kier alpha value is -2.34. The summed E-state index contributed by atoms with van der Waals surface area (Å²) in [5.74, 6) is 0.455. The topological polar surface area (TPSA) is 0 Å². The fourth-order valence-corrected chi connectivity index (χ4v) is 3.17. The lowest BCUT2D eigenvalue weighted by molar-refractivity contribution is 0.954. The van der Waals surface area contributed by atoms with Gasteiger partial charge in [0, 0.05) is 0 Å². The number of fused-ring (bicyclic) bond motifs is 3. The van der Waals surface area contributed by atoms with E-state index in [2.05, 4.69) is 81.2 Å². The van der Waals surface area contributed by atoms with Gasteiger partial charge in [-0.05, 0) is 52.6 Å². The van der Waals surface area contributed by atoms with Crippen molar-refractivity contribution >= 4 is 36.5 Å². The summed E-state index contributed by atoms with van der Waals surface area (Å²) in [6, 6.07) is 0. The quantitative estimate of drug-likeness (QED) is 0.584. The molecule has 0 unspecified atom stereocenters. The molecule has 1 atom stereocenters. The van der Waals surface area contributed by atoms with Gasteiger partial charge < -0.3 is 0 Å². The van der Waals surface area contributed by atoms with Gasteiger partial charge in [0.2, 0.25) is 0 Å². The maximum absolute atomic E-state index is 4.07. The van der Waals surface area contributed by atoms with Gasteiger partial charge in [0.15, 0.2) is 0 Å². The van der Waals surface area contributed by atoms with Gasteiger partial charge in [0.25, 0.3) is 0 Å². The van der Waals surface area contributed by atoms with Crippen LogP contribution in [0.4, 0.5) is 0 Å². The number of allylic oxidation sites excluding steroid dienone is 5. The fourth-order valence-electron chi connectivity index (χ4n) is 3.17. The summed E-state index contributed by atoms with van der Waals surface area (Å²) >= 11 is 0. The number of benzene rings is 1. The summed E-state index contributed by atoms with van der Waals surface area (Å²) in [4.78, 5) is 0. The van der Waals surface area contributed by atoms with E-state index in [1.165, 1.54) is 33.4 Å². The van der Waals surface area contributed by atoms with E-state index in [1.807, 2.05) is 6.08 Å². The third-order valence-electron chi connectivity index (χ3n) is 4.25. The van der Waals surface area contributed by atoms with Crippen LogP contribution in [-0.4, -0.2) is 0 Å². The van der Waals surface area contributed by atoms with Crippen LogP contribution in [0.2, 0.25) is 0 Å². The summed E-state index contributed by atoms with van der Waals surface area (Å²) in [7, 11) is 0. The van der Waals surface area contributed by atoms with Gasteiger partial charge in [-0.3, -0.25) is 0 Å². The first-order chi connectivity index (χ1) is 10.8. The molecule has 0 aromatic heterocycles. The summed E-state index contributed by atoms with van der Waals surface area (Å²) in [5, 5.41) is 0. The molecule has 22 heavy (non-hydrogen) atoms. The van der Waals surface area contributed by atoms with Crippen LogP contribution in [0.5, 0.6) is 0 Å². The van der Waals surface area contributed by atoms with Gasteiger partial charge in [-0.25, -0.2) is 0 Å². The zero-order valence-corrected chi connectivity index (χ0v) is 13.3. The first-order valence-corrected chi connectivity index (χ1v) is 7.94. The van der Waals surface area contributed by atoms with E-state index in [9.17, 15) is 0 Å². The molecular formula is C22H22. The first kappa shape index (κ1) is 14.6. The van der Waals surface area contributed by atoms with E-state index in [4.69, 9.17) is 0 Å². The maximum Gasteiger partial charge on any atom is -0.00752 e. The fraction of sp³-hybridized carbons (Fsp3) is 0.182. The molecule has 0 saturated heterocycles. The SMILES string of the molecule is C=Cc1c2c(c3c(c1/C=C\C)C=CCC=C3)C=C[C@@H](C)C=C2. The Kier molecular flexibility index (Phi) is 4.11. The molecule has 0 bridgehead atoms. The third-order valence-corrected chi connectivity index (χ3v) is 4.25. The molecule has 0 saturated carbocycles. The predicted octanol–water partition coefficient (Wildman–Crippen LogP) is 6.47. The van der Waals surface area contributed by atoms with E-state index in [0.29, 0.717) is 5.92 Å². The molecule has 0 N–H and O–H groups in total. The van der Waals surface area contributed by atoms with E-state index >= 15 is 0 Å². The van der Waals surface area contributed by atoms with Crippen molar-refractivity contribution in [2.75, 3.05) is 0 Å². The smallest absolute Gasteiger partial charge is 0.00752 e. The van der Waals surface area contributed by atoms with Crippen LogP contribution in [0.3, 0.4) is 0 Å². The van der Waals surface area contributed by atoms with Crippen molar-refractivity contribution in [1.29, 1.82) is 0 Å². The van der Waals surface area contributed by atoms with Crippen LogP contribution in [0.15, 0.2) is 37.0 Å². The molecular weight excluding hydrogens is 264 g/mol. The van der Waals surface area contributed by atoms with Crippen molar-refractivity contribution in [1.82, 2.24) is 0 Å². The highest BCUT2D eigenvalue weighted by Gasteiger charge is 2.18. The van der Waals surface area contributed by atoms with Crippen molar-refractivity contribution in [2.45, 2.75) is 20.3 Å². The minimum absolute atomic E-state index is 0.455. The molecule has 2 aliphatic rings. The molecule has 3 rings (SSSR count). The summed E-state index contributed by atoms with van der Waals surface area (Å²) in [6.45, 7) is 8.35. The van der Waals surface area contributed by atoms with Crippen LogP contribution in [0.1, 0.15) is 53.6 Å². The van der Waals surface area contributed by atoms with E-state index in [1.54, 1.807) is 0 Å². The van der Waals surface area contributed by atoms with Crippen LogP contribution in [-0.2, 0) is 0 Å². The normalized spacial score (nSPS) is 18.9. The Labute approximate surface area is 133 Å². The minimum Gasteiger partial charge on any atom is -0.0984 e. The van der Waals surface area contributed by atoms with Gasteiger partial charge in [0.1, 0.15) is 0 Å². The molecule has 110 valence electrons. The Morgan fingerprint density at radius 3 is 2.18 bits per heavy atom. The average molecular weight is 286 g/mol. The maximum atomic E-state index is 4.07. The summed E-state index contributed by atoms with van der Waals surface area (Å²) in [5.41, 5.74) is 7.69. The lowest BCUT2D eigenvalue weighted by Gasteiger charge is -2.18. The highest BCUT2D eigenvalue weighted by Crippen LogP contribution is 2.36. The number of rotatable bonds is 2. The standard InChI is InChI=1S/C22H22/c1-4-9-18-17(5-2)21-14-12-16(3)13-15-22(21)20-11-8-6-7-10-19(18)20/h4-5,7-16H,2,6H2,1,3H3/b9-4-/t16-/m0/s1. The molecule has 0 radical (unpaired) electrons. The second-order valence-corrected chi connectivity index (χ2v) is 5.80. The summed E-state index contributed by atoms with van der Waals surface area (Å²) < 4.78 is 0. The minimum atomic E-state index is 0.455. The lowest BCUT2D eigenvalue weighted by atomic mass is 9.86. The van der Waals surface area contributed by atoms with Gasteiger partial charge >= 0.3 is 0 Å². The number of hydrogen-bond acceptors (Lipinski definition) is 0. The van der Waals surface area contributed by atoms with E-state index in [-0.39, 0.29) is 0 Å². The van der Waals surface area contributed by atoms with Crippen molar-refractivity contribution in [3.63, 3.8) is 0 Å². The van der Waals surface area contributed by atoms with E-state index in [0.717, 1.165) is 6.42 Å². The second kappa shape index (κ2) is 6.19. The summed E-state index contributed by atoms with van der Waals surface area (Å²) in [6.07, 6.45) is 25.3. The first-order valence-electron chi connectivity index (χ1n) is 7.94. The molecule has 1 aromatic rings. The highest BCUT2D eigenvalue weighted by atomic mass is 14.2. The van der Waals surface area contributed by atoms with Gasteiger partial charge in [-0.15, -0.1) is 0 Å². The van der Waals surface area contributed by atoms with Crippen LogP contribution in [0, 0.1) is 5.92 Å². The van der Waals surface area contributed by atoms with Crippen molar-refractivity contribution in [3.05, 3.63) is 70.3 Å². The monoisotopic (exact) mass is 286 g/mol. The Balaban J connectivity index is 2.45. The van der Waals surface area contributed by atoms with E-state index < -0.39 is 0 Å². The molecule has 2 aliphatic carbocycles. The van der Waals surface area contributed by atoms with Gasteiger partial charge in [0.05, 0.1) is 0 Å². The molecule has 0 aliphatic heterocycles. The molecule has 0 heterocycles. The van der Waals surface area contributed by atoms with Gasteiger partial charge in [-0.1, -0.05) is 80.3 Å². The van der Waals surface area contributed by atoms with Crippen molar-refractivity contribution in [2.24, 2.45) is 5.92 Å². The van der Waals surface area contributed by atoms with Crippen molar-refractivity contribution in [3.8, 4) is 0 Å². The number of hydrogen-bond donors (Lipinski definition) is 0.